The van der Waals surface area contributed by atoms with Gasteiger partial charge >= 0.3 is 0 Å². The molecular weight excluding hydrogens is 242 g/mol. The summed E-state index contributed by atoms with van der Waals surface area (Å²) in [4.78, 5) is 2.35. The highest BCUT2D eigenvalue weighted by Crippen LogP contribution is 2.21. The Morgan fingerprint density at radius 1 is 1.37 bits per heavy atom. The summed E-state index contributed by atoms with van der Waals surface area (Å²) in [5, 5.41) is 7.50. The number of hydrogen-bond acceptors (Lipinski definition) is 5. The van der Waals surface area contributed by atoms with Crippen LogP contribution in [0.5, 0.6) is 0 Å². The molecule has 3 heterocycles. The lowest BCUT2D eigenvalue weighted by Gasteiger charge is -2.30. The molecule has 0 spiro atoms. The van der Waals surface area contributed by atoms with E-state index in [1.165, 1.54) is 12.8 Å². The van der Waals surface area contributed by atoms with Gasteiger partial charge < -0.3 is 14.3 Å². The van der Waals surface area contributed by atoms with Crippen molar-refractivity contribution in [3.63, 3.8) is 0 Å². The molecule has 5 heteroatoms. The molecule has 0 atom stereocenters. The topological polar surface area (TPSA) is 54.4 Å². The van der Waals surface area contributed by atoms with E-state index in [4.69, 9.17) is 8.94 Å². The summed E-state index contributed by atoms with van der Waals surface area (Å²) < 4.78 is 10.6. The summed E-state index contributed by atoms with van der Waals surface area (Å²) in [7, 11) is 2.15. The van der Waals surface area contributed by atoms with Gasteiger partial charge in [-0.3, -0.25) is 4.90 Å². The SMILES string of the molecule is CN(Cc1cc(-c2ccco2)on1)C1CCNCC1. The monoisotopic (exact) mass is 261 g/mol. The molecule has 1 aliphatic rings. The average molecular weight is 261 g/mol. The second-order valence-corrected chi connectivity index (χ2v) is 5.06. The Hall–Kier alpha value is -1.59. The van der Waals surface area contributed by atoms with Gasteiger partial charge in [-0.2, -0.15) is 0 Å². The number of furan rings is 1. The van der Waals surface area contributed by atoms with Crippen LogP contribution in [0.15, 0.2) is 33.4 Å². The molecule has 0 saturated carbocycles. The minimum atomic E-state index is 0.630. The summed E-state index contributed by atoms with van der Waals surface area (Å²) in [6, 6.07) is 6.31. The molecule has 1 aliphatic heterocycles. The highest BCUT2D eigenvalue weighted by molar-refractivity contribution is 5.49. The third-order valence-electron chi connectivity index (χ3n) is 3.67. The van der Waals surface area contributed by atoms with Crippen LogP contribution < -0.4 is 5.32 Å². The van der Waals surface area contributed by atoms with Gasteiger partial charge in [-0.1, -0.05) is 5.16 Å². The fraction of sp³-hybridized carbons (Fsp3) is 0.500. The lowest BCUT2D eigenvalue weighted by Crippen LogP contribution is -2.40. The van der Waals surface area contributed by atoms with Crippen LogP contribution in [-0.2, 0) is 6.54 Å². The fourth-order valence-corrected chi connectivity index (χ4v) is 2.55. The van der Waals surface area contributed by atoms with Crippen molar-refractivity contribution in [3.8, 4) is 11.5 Å². The van der Waals surface area contributed by atoms with Crippen molar-refractivity contribution in [2.75, 3.05) is 20.1 Å². The Bertz CT molecular complexity index is 501. The van der Waals surface area contributed by atoms with Crippen LogP contribution in [0.4, 0.5) is 0 Å². The van der Waals surface area contributed by atoms with E-state index in [2.05, 4.69) is 22.4 Å². The van der Waals surface area contributed by atoms with Crippen molar-refractivity contribution >= 4 is 0 Å². The predicted octanol–water partition coefficient (Wildman–Crippen LogP) is 2.12. The third-order valence-corrected chi connectivity index (χ3v) is 3.67. The molecule has 1 saturated heterocycles. The van der Waals surface area contributed by atoms with Crippen LogP contribution in [0.2, 0.25) is 0 Å². The lowest BCUT2D eigenvalue weighted by molar-refractivity contribution is 0.187. The van der Waals surface area contributed by atoms with Crippen molar-refractivity contribution in [1.29, 1.82) is 0 Å². The largest absolute Gasteiger partial charge is 0.461 e. The quantitative estimate of drug-likeness (QED) is 0.913. The zero-order valence-electron chi connectivity index (χ0n) is 11.1. The number of aromatic nitrogens is 1. The standard InChI is InChI=1S/C14H19N3O2/c1-17(12-4-6-15-7-5-12)10-11-9-14(19-16-11)13-3-2-8-18-13/h2-3,8-9,12,15H,4-7,10H2,1H3. The number of nitrogens with one attached hydrogen (secondary N) is 1. The van der Waals surface area contributed by atoms with Crippen molar-refractivity contribution in [1.82, 2.24) is 15.4 Å². The van der Waals surface area contributed by atoms with E-state index in [1.807, 2.05) is 18.2 Å². The molecule has 1 fully saturated rings. The second kappa shape index (κ2) is 5.59. The van der Waals surface area contributed by atoms with E-state index in [0.717, 1.165) is 31.1 Å². The normalized spacial score (nSPS) is 17.2. The van der Waals surface area contributed by atoms with Crippen molar-refractivity contribution in [3.05, 3.63) is 30.2 Å². The smallest absolute Gasteiger partial charge is 0.202 e. The van der Waals surface area contributed by atoms with Gasteiger partial charge in [0.1, 0.15) is 0 Å². The molecule has 102 valence electrons. The number of rotatable bonds is 4. The summed E-state index contributed by atoms with van der Waals surface area (Å²) >= 11 is 0. The number of piperidine rings is 1. The van der Waals surface area contributed by atoms with Crippen LogP contribution in [-0.4, -0.2) is 36.2 Å². The lowest BCUT2D eigenvalue weighted by atomic mass is 10.1. The van der Waals surface area contributed by atoms with Crippen molar-refractivity contribution in [2.45, 2.75) is 25.4 Å². The Morgan fingerprint density at radius 3 is 2.95 bits per heavy atom. The Morgan fingerprint density at radius 2 is 2.21 bits per heavy atom. The molecular formula is C14H19N3O2. The Balaban J connectivity index is 1.63. The van der Waals surface area contributed by atoms with Crippen LogP contribution >= 0.6 is 0 Å². The Kier molecular flexibility index (Phi) is 3.66. The van der Waals surface area contributed by atoms with Crippen LogP contribution in [0.1, 0.15) is 18.5 Å². The molecule has 0 amide bonds. The van der Waals surface area contributed by atoms with Crippen molar-refractivity contribution < 1.29 is 8.94 Å². The zero-order valence-corrected chi connectivity index (χ0v) is 11.1. The molecule has 3 rings (SSSR count). The van der Waals surface area contributed by atoms with Crippen molar-refractivity contribution in [2.24, 2.45) is 0 Å². The van der Waals surface area contributed by atoms with E-state index >= 15 is 0 Å². The van der Waals surface area contributed by atoms with E-state index in [-0.39, 0.29) is 0 Å². The maximum Gasteiger partial charge on any atom is 0.202 e. The minimum absolute atomic E-state index is 0.630. The molecule has 0 radical (unpaired) electrons. The molecule has 2 aromatic heterocycles. The van der Waals surface area contributed by atoms with Crippen LogP contribution in [0.25, 0.3) is 11.5 Å². The van der Waals surface area contributed by atoms with Gasteiger partial charge in [0.2, 0.25) is 5.76 Å². The Labute approximate surface area is 112 Å². The van der Waals surface area contributed by atoms with Gasteiger partial charge in [-0.15, -0.1) is 0 Å². The van der Waals surface area contributed by atoms with Gasteiger partial charge in [-0.25, -0.2) is 0 Å². The van der Waals surface area contributed by atoms with Gasteiger partial charge in [0.25, 0.3) is 0 Å². The first-order valence-electron chi connectivity index (χ1n) is 6.73. The van der Waals surface area contributed by atoms with Crippen LogP contribution in [0, 0.1) is 0 Å². The zero-order chi connectivity index (χ0) is 13.1. The van der Waals surface area contributed by atoms with E-state index in [0.29, 0.717) is 11.8 Å². The molecule has 1 N–H and O–H groups in total. The first-order chi connectivity index (χ1) is 9.33. The molecule has 5 nitrogen and oxygen atoms in total. The van der Waals surface area contributed by atoms with E-state index in [9.17, 15) is 0 Å². The summed E-state index contributed by atoms with van der Waals surface area (Å²) in [5.74, 6) is 1.42. The first kappa shape index (κ1) is 12.4. The van der Waals surface area contributed by atoms with E-state index in [1.54, 1.807) is 6.26 Å². The van der Waals surface area contributed by atoms with Crippen LogP contribution in [0.3, 0.4) is 0 Å². The molecule has 0 unspecified atom stereocenters. The minimum Gasteiger partial charge on any atom is -0.461 e. The average Bonchev–Trinajstić information content (AvgIpc) is 3.10. The predicted molar refractivity (Wildman–Crippen MR) is 71.6 cm³/mol. The molecule has 0 aliphatic carbocycles. The third kappa shape index (κ3) is 2.88. The number of nitrogens with zero attached hydrogens (tertiary/aromatic N) is 2. The molecule has 19 heavy (non-hydrogen) atoms. The molecule has 0 bridgehead atoms. The van der Waals surface area contributed by atoms with E-state index < -0.39 is 0 Å². The second-order valence-electron chi connectivity index (χ2n) is 5.06. The highest BCUT2D eigenvalue weighted by atomic mass is 16.5. The first-order valence-corrected chi connectivity index (χ1v) is 6.73. The summed E-state index contributed by atoms with van der Waals surface area (Å²) in [6.45, 7) is 3.02. The molecule has 2 aromatic rings. The fourth-order valence-electron chi connectivity index (χ4n) is 2.55. The maximum absolute atomic E-state index is 5.31. The van der Waals surface area contributed by atoms with Gasteiger partial charge in [0.05, 0.1) is 12.0 Å². The number of hydrogen-bond donors (Lipinski definition) is 1. The highest BCUT2D eigenvalue weighted by Gasteiger charge is 2.19. The van der Waals surface area contributed by atoms with Gasteiger partial charge in [0.15, 0.2) is 5.76 Å². The molecule has 0 aromatic carbocycles. The summed E-state index contributed by atoms with van der Waals surface area (Å²) in [5.41, 5.74) is 0.951. The van der Waals surface area contributed by atoms with Gasteiger partial charge in [-0.05, 0) is 45.1 Å². The summed E-state index contributed by atoms with van der Waals surface area (Å²) in [6.07, 6.45) is 4.03. The van der Waals surface area contributed by atoms with Gasteiger partial charge in [0, 0.05) is 18.7 Å². The maximum atomic E-state index is 5.31.